The van der Waals surface area contributed by atoms with Crippen LogP contribution < -0.4 is 10.1 Å². The molecule has 3 nitrogen and oxygen atoms in total. The molecule has 4 heteroatoms. The molecular weight excluding hydrogens is 334 g/mol. The van der Waals surface area contributed by atoms with E-state index in [1.165, 1.54) is 57.8 Å². The fourth-order valence-electron chi connectivity index (χ4n) is 3.49. The largest absolute Gasteiger partial charge is 0.484 e. The zero-order chi connectivity index (χ0) is 17.9. The minimum absolute atomic E-state index is 0.0218. The van der Waals surface area contributed by atoms with E-state index in [2.05, 4.69) is 5.32 Å². The van der Waals surface area contributed by atoms with E-state index in [9.17, 15) is 4.79 Å². The maximum Gasteiger partial charge on any atom is 0.258 e. The Morgan fingerprint density at radius 2 is 1.60 bits per heavy atom. The van der Waals surface area contributed by atoms with Gasteiger partial charge in [0.2, 0.25) is 0 Å². The third-order valence-electron chi connectivity index (χ3n) is 4.97. The molecule has 1 fully saturated rings. The number of ether oxygens (including phenoxy) is 1. The van der Waals surface area contributed by atoms with E-state index in [0.29, 0.717) is 11.1 Å². The molecule has 1 amide bonds. The van der Waals surface area contributed by atoms with Crippen LogP contribution in [0.4, 0.5) is 0 Å². The zero-order valence-corrected chi connectivity index (χ0v) is 16.2. The quantitative estimate of drug-likeness (QED) is 0.730. The minimum Gasteiger partial charge on any atom is -0.484 e. The maximum atomic E-state index is 12.3. The van der Waals surface area contributed by atoms with Crippen LogP contribution in [0.1, 0.15) is 76.2 Å². The van der Waals surface area contributed by atoms with E-state index in [1.54, 1.807) is 6.07 Å². The van der Waals surface area contributed by atoms with Crippen LogP contribution >= 0.6 is 11.6 Å². The Balaban J connectivity index is 1.77. The molecule has 0 atom stereocenters. The molecule has 0 bridgehead atoms. The molecule has 1 aromatic carbocycles. The number of rotatable bonds is 4. The topological polar surface area (TPSA) is 38.3 Å². The molecular formula is C21H32ClNO2. The summed E-state index contributed by atoms with van der Waals surface area (Å²) in [6.07, 6.45) is 14.0. The van der Waals surface area contributed by atoms with Crippen molar-refractivity contribution in [2.75, 3.05) is 6.61 Å². The van der Waals surface area contributed by atoms with Gasteiger partial charge in [-0.25, -0.2) is 0 Å². The third-order valence-corrected chi connectivity index (χ3v) is 5.20. The lowest BCUT2D eigenvalue weighted by molar-refractivity contribution is -0.123. The Hall–Kier alpha value is -1.22. The molecule has 25 heavy (non-hydrogen) atoms. The van der Waals surface area contributed by atoms with E-state index in [0.717, 1.165) is 24.2 Å². The fourth-order valence-corrected chi connectivity index (χ4v) is 3.72. The van der Waals surface area contributed by atoms with Gasteiger partial charge in [0.1, 0.15) is 5.75 Å². The highest BCUT2D eigenvalue weighted by Crippen LogP contribution is 2.22. The van der Waals surface area contributed by atoms with Crippen molar-refractivity contribution in [3.8, 4) is 5.75 Å². The van der Waals surface area contributed by atoms with Crippen molar-refractivity contribution in [3.05, 3.63) is 28.8 Å². The summed E-state index contributed by atoms with van der Waals surface area (Å²) >= 11 is 5.95. The van der Waals surface area contributed by atoms with Gasteiger partial charge in [-0.3, -0.25) is 4.79 Å². The molecule has 1 saturated carbocycles. The minimum atomic E-state index is -0.0218. The van der Waals surface area contributed by atoms with E-state index in [-0.39, 0.29) is 12.5 Å². The van der Waals surface area contributed by atoms with Gasteiger partial charge in [0.15, 0.2) is 6.61 Å². The SMILES string of the molecule is Cc1cc(Cl)ccc1OCC(=O)NC1CCCCCCCCCCC1. The first kappa shape index (κ1) is 20.1. The standard InChI is InChI=1S/C21H32ClNO2/c1-17-15-18(22)13-14-20(17)25-16-21(24)23-19-11-9-7-5-3-2-4-6-8-10-12-19/h13-15,19H,2-12,16H2,1H3,(H,23,24). The van der Waals surface area contributed by atoms with E-state index in [1.807, 2.05) is 19.1 Å². The molecule has 0 unspecified atom stereocenters. The summed E-state index contributed by atoms with van der Waals surface area (Å²) in [4.78, 5) is 12.3. The van der Waals surface area contributed by atoms with Crippen LogP contribution in [-0.4, -0.2) is 18.6 Å². The summed E-state index contributed by atoms with van der Waals surface area (Å²) in [5.41, 5.74) is 0.950. The third kappa shape index (κ3) is 8.13. The number of benzene rings is 1. The van der Waals surface area contributed by atoms with Gasteiger partial charge in [0.25, 0.3) is 5.91 Å². The van der Waals surface area contributed by atoms with Gasteiger partial charge in [0, 0.05) is 11.1 Å². The van der Waals surface area contributed by atoms with Crippen molar-refractivity contribution in [1.82, 2.24) is 5.32 Å². The van der Waals surface area contributed by atoms with Crippen LogP contribution in [0, 0.1) is 6.92 Å². The lowest BCUT2D eigenvalue weighted by Crippen LogP contribution is -2.38. The van der Waals surface area contributed by atoms with Gasteiger partial charge >= 0.3 is 0 Å². The molecule has 0 spiro atoms. The van der Waals surface area contributed by atoms with Crippen LogP contribution in [0.25, 0.3) is 0 Å². The molecule has 1 aliphatic rings. The Kier molecular flexibility index (Phi) is 9.17. The van der Waals surface area contributed by atoms with Gasteiger partial charge < -0.3 is 10.1 Å². The molecule has 0 heterocycles. The Morgan fingerprint density at radius 1 is 1.04 bits per heavy atom. The number of halogens is 1. The number of carbonyl (C=O) groups excluding carboxylic acids is 1. The predicted octanol–water partition coefficient (Wildman–Crippen LogP) is 5.82. The lowest BCUT2D eigenvalue weighted by Gasteiger charge is -2.20. The van der Waals surface area contributed by atoms with E-state index in [4.69, 9.17) is 16.3 Å². The fraction of sp³-hybridized carbons (Fsp3) is 0.667. The highest BCUT2D eigenvalue weighted by atomic mass is 35.5. The van der Waals surface area contributed by atoms with Gasteiger partial charge in [-0.1, -0.05) is 69.4 Å². The summed E-state index contributed by atoms with van der Waals surface area (Å²) in [6.45, 7) is 2.00. The molecule has 2 rings (SSSR count). The second kappa shape index (κ2) is 11.4. The van der Waals surface area contributed by atoms with E-state index >= 15 is 0 Å². The zero-order valence-electron chi connectivity index (χ0n) is 15.5. The number of aryl methyl sites for hydroxylation is 1. The number of amides is 1. The average Bonchev–Trinajstić information content (AvgIpc) is 2.56. The average molecular weight is 366 g/mol. The normalized spacial score (nSPS) is 18.0. The van der Waals surface area contributed by atoms with Crippen LogP contribution in [0.15, 0.2) is 18.2 Å². The van der Waals surface area contributed by atoms with Gasteiger partial charge in [0.05, 0.1) is 0 Å². The first-order valence-corrected chi connectivity index (χ1v) is 10.2. The molecule has 0 aromatic heterocycles. The van der Waals surface area contributed by atoms with Crippen LogP contribution in [0.3, 0.4) is 0 Å². The summed E-state index contributed by atoms with van der Waals surface area (Å²) in [7, 11) is 0. The maximum absolute atomic E-state index is 12.3. The summed E-state index contributed by atoms with van der Waals surface area (Å²) < 4.78 is 5.66. The van der Waals surface area contributed by atoms with Crippen molar-refractivity contribution in [1.29, 1.82) is 0 Å². The van der Waals surface area contributed by atoms with Crippen molar-refractivity contribution in [3.63, 3.8) is 0 Å². The number of hydrogen-bond donors (Lipinski definition) is 1. The van der Waals surface area contributed by atoms with Crippen LogP contribution in [0.2, 0.25) is 5.02 Å². The van der Waals surface area contributed by atoms with Crippen molar-refractivity contribution in [2.45, 2.75) is 83.6 Å². The van der Waals surface area contributed by atoms with Crippen molar-refractivity contribution in [2.24, 2.45) is 0 Å². The second-order valence-electron chi connectivity index (χ2n) is 7.22. The molecule has 1 aliphatic carbocycles. The summed E-state index contributed by atoms with van der Waals surface area (Å²) in [5, 5.41) is 3.86. The molecule has 140 valence electrons. The Labute approximate surface area is 157 Å². The van der Waals surface area contributed by atoms with Crippen molar-refractivity contribution < 1.29 is 9.53 Å². The first-order valence-electron chi connectivity index (χ1n) is 9.83. The Bertz CT molecular complexity index is 521. The monoisotopic (exact) mass is 365 g/mol. The van der Waals surface area contributed by atoms with Gasteiger partial charge in [-0.05, 0) is 43.5 Å². The highest BCUT2D eigenvalue weighted by molar-refractivity contribution is 6.30. The smallest absolute Gasteiger partial charge is 0.258 e. The summed E-state index contributed by atoms with van der Waals surface area (Å²) in [5.74, 6) is 0.699. The highest BCUT2D eigenvalue weighted by Gasteiger charge is 2.13. The number of nitrogens with one attached hydrogen (secondary N) is 1. The lowest BCUT2D eigenvalue weighted by atomic mass is 9.98. The van der Waals surface area contributed by atoms with Gasteiger partial charge in [-0.15, -0.1) is 0 Å². The summed E-state index contributed by atoms with van der Waals surface area (Å²) in [6, 6.07) is 5.75. The Morgan fingerprint density at radius 3 is 2.16 bits per heavy atom. The second-order valence-corrected chi connectivity index (χ2v) is 7.66. The van der Waals surface area contributed by atoms with Crippen LogP contribution in [-0.2, 0) is 4.79 Å². The van der Waals surface area contributed by atoms with E-state index < -0.39 is 0 Å². The molecule has 1 N–H and O–H groups in total. The van der Waals surface area contributed by atoms with Crippen LogP contribution in [0.5, 0.6) is 5.75 Å². The predicted molar refractivity (Wildman–Crippen MR) is 104 cm³/mol. The molecule has 0 radical (unpaired) electrons. The molecule has 0 aliphatic heterocycles. The number of carbonyl (C=O) groups is 1. The van der Waals surface area contributed by atoms with Crippen molar-refractivity contribution >= 4 is 17.5 Å². The molecule has 1 aromatic rings. The first-order chi connectivity index (χ1) is 12.1. The molecule has 0 saturated heterocycles. The van der Waals surface area contributed by atoms with Gasteiger partial charge in [-0.2, -0.15) is 0 Å². The number of hydrogen-bond acceptors (Lipinski definition) is 2.